The maximum absolute atomic E-state index is 13.6. The monoisotopic (exact) mass is 577 g/mol. The predicted molar refractivity (Wildman–Crippen MR) is 144 cm³/mol. The quantitative estimate of drug-likeness (QED) is 0.281. The number of rotatable bonds is 9. The summed E-state index contributed by atoms with van der Waals surface area (Å²) < 4.78 is 26.9. The molecule has 3 aromatic rings. The highest BCUT2D eigenvalue weighted by Gasteiger charge is 2.39. The second-order valence-electron chi connectivity index (χ2n) is 9.68. The van der Waals surface area contributed by atoms with Gasteiger partial charge in [-0.25, -0.2) is 15.1 Å². The predicted octanol–water partition coefficient (Wildman–Crippen LogP) is 2.82. The number of nitrogens with one attached hydrogen (secondary N) is 2. The minimum Gasteiger partial charge on any atom is -0.393 e. The van der Waals surface area contributed by atoms with E-state index in [2.05, 4.69) is 24.8 Å². The van der Waals surface area contributed by atoms with Crippen LogP contribution in [0.2, 0.25) is 5.02 Å². The lowest BCUT2D eigenvalue weighted by Crippen LogP contribution is -2.37. The number of anilines is 1. The van der Waals surface area contributed by atoms with Crippen LogP contribution < -0.4 is 15.8 Å². The van der Waals surface area contributed by atoms with Crippen LogP contribution in [0, 0.1) is 5.92 Å². The zero-order valence-corrected chi connectivity index (χ0v) is 22.7. The maximum atomic E-state index is 13.6. The van der Waals surface area contributed by atoms with Gasteiger partial charge >= 0.3 is 10.3 Å². The van der Waals surface area contributed by atoms with E-state index in [1.165, 1.54) is 23.9 Å². The van der Waals surface area contributed by atoms with Crippen LogP contribution in [0.15, 0.2) is 48.2 Å². The molecule has 1 saturated heterocycles. The van der Waals surface area contributed by atoms with Crippen LogP contribution in [-0.2, 0) is 20.0 Å². The molecule has 3 heterocycles. The third kappa shape index (κ3) is 5.76. The zero-order valence-electron chi connectivity index (χ0n) is 20.3. The fraction of sp³-hybridized carbons (Fsp3) is 0.400. The van der Waals surface area contributed by atoms with E-state index in [4.69, 9.17) is 16.7 Å². The summed E-state index contributed by atoms with van der Waals surface area (Å²) in [5.41, 5.74) is 1.97. The molecule has 1 aliphatic heterocycles. The van der Waals surface area contributed by atoms with Crippen molar-refractivity contribution in [2.75, 3.05) is 18.5 Å². The molecule has 4 atom stereocenters. The Labute approximate surface area is 229 Å². The zero-order chi connectivity index (χ0) is 26.9. The van der Waals surface area contributed by atoms with Crippen LogP contribution in [0.3, 0.4) is 0 Å². The number of carbonyl (C=O) groups is 1. The number of aliphatic hydroxyl groups is 1. The SMILES string of the molecule is NS(=O)(=O)OC[C@H]1C[C@@H](Nc2ncncc2C(=O)c2cc([C@@]3(c4cccc(Cl)c4)CCCN3)cs2)C[C@@H]1O. The normalized spacial score (nSPS) is 25.5. The molecule has 0 bridgehead atoms. The Morgan fingerprint density at radius 1 is 1.32 bits per heavy atom. The van der Waals surface area contributed by atoms with E-state index in [0.29, 0.717) is 34.1 Å². The third-order valence-corrected chi connectivity index (χ3v) is 8.82. The number of aliphatic hydroxyl groups excluding tert-OH is 1. The topological polar surface area (TPSA) is 157 Å². The number of carbonyl (C=O) groups excluding carboxylic acids is 1. The Kier molecular flexibility index (Phi) is 7.83. The highest BCUT2D eigenvalue weighted by Crippen LogP contribution is 2.41. The van der Waals surface area contributed by atoms with Gasteiger partial charge in [-0.2, -0.15) is 8.42 Å². The second-order valence-corrected chi connectivity index (χ2v) is 12.2. The standard InChI is InChI=1S/C25H28ClN5O5S2/c26-18-4-1-3-16(8-18)25(5-2-6-30-25)17-9-22(37-13-17)23(33)20-11-28-14-29-24(20)31-19-7-15(21(32)10-19)12-36-38(27,34)35/h1,3-4,8-9,11,13-15,19,21,30,32H,2,5-7,10,12H2,(H2,27,34,35)(H,28,29,31)/t15-,19-,21+,25+/m1/s1. The average Bonchev–Trinajstić information content (AvgIpc) is 3.63. The van der Waals surface area contributed by atoms with E-state index in [1.807, 2.05) is 35.7 Å². The summed E-state index contributed by atoms with van der Waals surface area (Å²) in [6.45, 7) is 0.650. The molecule has 10 nitrogen and oxygen atoms in total. The minimum atomic E-state index is -4.10. The van der Waals surface area contributed by atoms with Crippen molar-refractivity contribution in [1.29, 1.82) is 0 Å². The molecule has 0 amide bonds. The van der Waals surface area contributed by atoms with Gasteiger partial charge in [0.1, 0.15) is 12.1 Å². The highest BCUT2D eigenvalue weighted by molar-refractivity contribution is 7.84. The van der Waals surface area contributed by atoms with Gasteiger partial charge in [-0.1, -0.05) is 23.7 Å². The molecule has 2 aliphatic rings. The van der Waals surface area contributed by atoms with Crippen LogP contribution in [0.1, 0.15) is 52.0 Å². The van der Waals surface area contributed by atoms with Crippen molar-refractivity contribution in [1.82, 2.24) is 15.3 Å². The fourth-order valence-electron chi connectivity index (χ4n) is 5.36. The molecule has 0 unspecified atom stereocenters. The van der Waals surface area contributed by atoms with Crippen LogP contribution in [0.25, 0.3) is 0 Å². The highest BCUT2D eigenvalue weighted by atomic mass is 35.5. The Hall–Kier alpha value is -2.45. The Balaban J connectivity index is 1.35. The van der Waals surface area contributed by atoms with Gasteiger partial charge in [-0.3, -0.25) is 8.98 Å². The number of ketones is 1. The van der Waals surface area contributed by atoms with Gasteiger partial charge in [0.15, 0.2) is 0 Å². The molecule has 0 radical (unpaired) electrons. The molecular formula is C25H28ClN5O5S2. The molecule has 5 N–H and O–H groups in total. The van der Waals surface area contributed by atoms with Crippen LogP contribution >= 0.6 is 22.9 Å². The number of nitrogens with two attached hydrogens (primary N) is 1. The first-order valence-corrected chi connectivity index (χ1v) is 14.9. The fourth-order valence-corrected chi connectivity index (χ4v) is 6.84. The number of aromatic nitrogens is 2. The molecule has 1 saturated carbocycles. The molecular weight excluding hydrogens is 550 g/mol. The average molecular weight is 578 g/mol. The molecule has 38 heavy (non-hydrogen) atoms. The van der Waals surface area contributed by atoms with Crippen molar-refractivity contribution in [3.05, 3.63) is 74.8 Å². The lowest BCUT2D eigenvalue weighted by atomic mass is 9.83. The molecule has 202 valence electrons. The van der Waals surface area contributed by atoms with Crippen LogP contribution in [0.5, 0.6) is 0 Å². The van der Waals surface area contributed by atoms with Crippen molar-refractivity contribution >= 4 is 44.8 Å². The largest absolute Gasteiger partial charge is 0.393 e. The van der Waals surface area contributed by atoms with Gasteiger partial charge in [0, 0.05) is 23.2 Å². The maximum Gasteiger partial charge on any atom is 0.333 e. The first kappa shape index (κ1) is 27.1. The summed E-state index contributed by atoms with van der Waals surface area (Å²) in [7, 11) is -4.10. The van der Waals surface area contributed by atoms with Crippen LogP contribution in [0.4, 0.5) is 5.82 Å². The lowest BCUT2D eigenvalue weighted by molar-refractivity contribution is 0.101. The smallest absolute Gasteiger partial charge is 0.333 e. The molecule has 5 rings (SSSR count). The molecule has 0 spiro atoms. The van der Waals surface area contributed by atoms with E-state index in [-0.39, 0.29) is 18.4 Å². The van der Waals surface area contributed by atoms with Gasteiger partial charge in [0.25, 0.3) is 0 Å². The first-order chi connectivity index (χ1) is 18.1. The van der Waals surface area contributed by atoms with Crippen molar-refractivity contribution in [2.24, 2.45) is 11.1 Å². The van der Waals surface area contributed by atoms with Crippen molar-refractivity contribution < 1.29 is 22.5 Å². The number of halogens is 1. The summed E-state index contributed by atoms with van der Waals surface area (Å²) in [6.07, 6.45) is 4.70. The van der Waals surface area contributed by atoms with E-state index >= 15 is 0 Å². The second kappa shape index (κ2) is 11.0. The molecule has 13 heteroatoms. The summed E-state index contributed by atoms with van der Waals surface area (Å²) in [6, 6.07) is 9.47. The van der Waals surface area contributed by atoms with E-state index in [0.717, 1.165) is 30.5 Å². The third-order valence-electron chi connectivity index (χ3n) is 7.19. The van der Waals surface area contributed by atoms with Gasteiger partial charge in [0.2, 0.25) is 5.78 Å². The lowest BCUT2D eigenvalue weighted by Gasteiger charge is -2.30. The van der Waals surface area contributed by atoms with Gasteiger partial charge < -0.3 is 15.7 Å². The van der Waals surface area contributed by atoms with Gasteiger partial charge in [0.05, 0.1) is 28.7 Å². The summed E-state index contributed by atoms with van der Waals surface area (Å²) in [5.74, 6) is -0.279. The summed E-state index contributed by atoms with van der Waals surface area (Å²) >= 11 is 7.66. The molecule has 2 aromatic heterocycles. The Bertz CT molecular complexity index is 1430. The number of nitrogens with zero attached hydrogens (tertiary/aromatic N) is 2. The van der Waals surface area contributed by atoms with Crippen molar-refractivity contribution in [3.63, 3.8) is 0 Å². The molecule has 1 aliphatic carbocycles. The van der Waals surface area contributed by atoms with Crippen molar-refractivity contribution in [2.45, 2.75) is 43.4 Å². The van der Waals surface area contributed by atoms with E-state index in [1.54, 1.807) is 0 Å². The van der Waals surface area contributed by atoms with Crippen LogP contribution in [-0.4, -0.2) is 54.6 Å². The van der Waals surface area contributed by atoms with Gasteiger partial charge in [-0.15, -0.1) is 11.3 Å². The summed E-state index contributed by atoms with van der Waals surface area (Å²) in [5, 5.41) is 24.8. The number of hydrogen-bond acceptors (Lipinski definition) is 10. The van der Waals surface area contributed by atoms with E-state index in [9.17, 15) is 18.3 Å². The minimum absolute atomic E-state index is 0.212. The Morgan fingerprint density at radius 3 is 2.89 bits per heavy atom. The number of hydrogen-bond donors (Lipinski definition) is 4. The van der Waals surface area contributed by atoms with Gasteiger partial charge in [-0.05, 0) is 66.9 Å². The number of benzene rings is 1. The van der Waals surface area contributed by atoms with E-state index < -0.39 is 27.9 Å². The summed E-state index contributed by atoms with van der Waals surface area (Å²) in [4.78, 5) is 22.5. The first-order valence-electron chi connectivity index (χ1n) is 12.2. The molecule has 1 aromatic carbocycles. The molecule has 2 fully saturated rings. The Morgan fingerprint density at radius 2 is 2.16 bits per heavy atom. The number of thiophene rings is 1. The van der Waals surface area contributed by atoms with Crippen molar-refractivity contribution in [3.8, 4) is 0 Å².